The summed E-state index contributed by atoms with van der Waals surface area (Å²) in [6.07, 6.45) is 0.970. The maximum Gasteiger partial charge on any atom is 0.126 e. The van der Waals surface area contributed by atoms with Crippen molar-refractivity contribution in [1.29, 1.82) is 0 Å². The van der Waals surface area contributed by atoms with Crippen LogP contribution in [0.1, 0.15) is 16.0 Å². The number of rotatable bonds is 5. The highest BCUT2D eigenvalue weighted by molar-refractivity contribution is 7.16. The summed E-state index contributed by atoms with van der Waals surface area (Å²) in [5, 5.41) is 3.35. The average molecular weight is 284 g/mol. The van der Waals surface area contributed by atoms with Gasteiger partial charge in [0.15, 0.2) is 0 Å². The summed E-state index contributed by atoms with van der Waals surface area (Å²) >= 11 is 7.48. The molecule has 4 heteroatoms. The first-order valence-corrected chi connectivity index (χ1v) is 7.04. The first-order valence-electron chi connectivity index (χ1n) is 5.85. The SMILES string of the molecule is Cc1cc(CNCCc2ccc(Cl)s2)ccc1F. The van der Waals surface area contributed by atoms with E-state index in [0.29, 0.717) is 5.56 Å². The van der Waals surface area contributed by atoms with Crippen LogP contribution >= 0.6 is 22.9 Å². The molecule has 0 radical (unpaired) electrons. The van der Waals surface area contributed by atoms with Crippen LogP contribution in [0.4, 0.5) is 4.39 Å². The highest BCUT2D eigenvalue weighted by atomic mass is 35.5. The molecule has 0 saturated carbocycles. The van der Waals surface area contributed by atoms with E-state index < -0.39 is 0 Å². The van der Waals surface area contributed by atoms with E-state index in [1.54, 1.807) is 18.3 Å². The van der Waals surface area contributed by atoms with Gasteiger partial charge in [-0.05, 0) is 42.7 Å². The monoisotopic (exact) mass is 283 g/mol. The quantitative estimate of drug-likeness (QED) is 0.812. The van der Waals surface area contributed by atoms with Crippen LogP contribution in [0, 0.1) is 12.7 Å². The second-order valence-electron chi connectivity index (χ2n) is 4.22. The second kappa shape index (κ2) is 6.32. The summed E-state index contributed by atoms with van der Waals surface area (Å²) in [7, 11) is 0. The van der Waals surface area contributed by atoms with Crippen LogP contribution in [0.15, 0.2) is 30.3 Å². The molecule has 0 aliphatic heterocycles. The molecular weight excluding hydrogens is 269 g/mol. The minimum absolute atomic E-state index is 0.146. The molecule has 0 atom stereocenters. The van der Waals surface area contributed by atoms with E-state index in [-0.39, 0.29) is 5.82 Å². The summed E-state index contributed by atoms with van der Waals surface area (Å²) in [6, 6.07) is 9.19. The van der Waals surface area contributed by atoms with Gasteiger partial charge in [0.1, 0.15) is 5.82 Å². The number of halogens is 2. The van der Waals surface area contributed by atoms with Crippen molar-refractivity contribution in [3.05, 3.63) is 56.5 Å². The Bertz CT molecular complexity index is 524. The van der Waals surface area contributed by atoms with Gasteiger partial charge in [-0.15, -0.1) is 11.3 Å². The Labute approximate surface area is 116 Å². The van der Waals surface area contributed by atoms with Crippen molar-refractivity contribution in [3.8, 4) is 0 Å². The number of hydrogen-bond donors (Lipinski definition) is 1. The molecule has 0 aliphatic carbocycles. The molecule has 2 rings (SSSR count). The van der Waals surface area contributed by atoms with Crippen LogP contribution in [0.25, 0.3) is 0 Å². The largest absolute Gasteiger partial charge is 0.312 e. The predicted molar refractivity (Wildman–Crippen MR) is 75.9 cm³/mol. The molecule has 0 unspecified atom stereocenters. The van der Waals surface area contributed by atoms with Gasteiger partial charge >= 0.3 is 0 Å². The van der Waals surface area contributed by atoms with Crippen molar-refractivity contribution < 1.29 is 4.39 Å². The van der Waals surface area contributed by atoms with Gasteiger partial charge in [-0.25, -0.2) is 4.39 Å². The van der Waals surface area contributed by atoms with Crippen LogP contribution < -0.4 is 5.32 Å². The lowest BCUT2D eigenvalue weighted by Gasteiger charge is -2.05. The highest BCUT2D eigenvalue weighted by Crippen LogP contribution is 2.21. The maximum atomic E-state index is 13.1. The first kappa shape index (κ1) is 13.5. The first-order chi connectivity index (χ1) is 8.65. The Morgan fingerprint density at radius 1 is 1.28 bits per heavy atom. The van der Waals surface area contributed by atoms with Crippen molar-refractivity contribution in [2.75, 3.05) is 6.54 Å². The molecule has 1 nitrogen and oxygen atoms in total. The third kappa shape index (κ3) is 3.80. The fourth-order valence-electron chi connectivity index (χ4n) is 1.75. The van der Waals surface area contributed by atoms with Crippen LogP contribution in [0.5, 0.6) is 0 Å². The molecule has 1 aromatic carbocycles. The molecule has 0 amide bonds. The number of hydrogen-bond acceptors (Lipinski definition) is 2. The predicted octanol–water partition coefficient (Wildman–Crippen LogP) is 4.18. The molecule has 0 aliphatic rings. The minimum atomic E-state index is -0.146. The Hall–Kier alpha value is -0.900. The van der Waals surface area contributed by atoms with Crippen molar-refractivity contribution in [1.82, 2.24) is 5.32 Å². The van der Waals surface area contributed by atoms with Gasteiger partial charge in [-0.3, -0.25) is 0 Å². The lowest BCUT2D eigenvalue weighted by Crippen LogP contribution is -2.16. The van der Waals surface area contributed by atoms with Gasteiger partial charge in [0, 0.05) is 18.0 Å². The zero-order chi connectivity index (χ0) is 13.0. The van der Waals surface area contributed by atoms with Crippen LogP contribution in [0.2, 0.25) is 4.34 Å². The molecular formula is C14H15ClFNS. The summed E-state index contributed by atoms with van der Waals surface area (Å²) < 4.78 is 13.9. The van der Waals surface area contributed by atoms with Gasteiger partial charge in [0.05, 0.1) is 4.34 Å². The summed E-state index contributed by atoms with van der Waals surface area (Å²) in [4.78, 5) is 1.28. The fourth-order valence-corrected chi connectivity index (χ4v) is 2.83. The van der Waals surface area contributed by atoms with Crippen LogP contribution in [-0.2, 0) is 13.0 Å². The zero-order valence-electron chi connectivity index (χ0n) is 10.2. The van der Waals surface area contributed by atoms with Crippen LogP contribution in [0.3, 0.4) is 0 Å². The van der Waals surface area contributed by atoms with Gasteiger partial charge < -0.3 is 5.32 Å². The van der Waals surface area contributed by atoms with Gasteiger partial charge in [-0.2, -0.15) is 0 Å². The Morgan fingerprint density at radius 2 is 2.11 bits per heavy atom. The van der Waals surface area contributed by atoms with E-state index in [1.807, 2.05) is 18.2 Å². The molecule has 0 fully saturated rings. The third-order valence-electron chi connectivity index (χ3n) is 2.73. The number of thiophene rings is 1. The van der Waals surface area contributed by atoms with Gasteiger partial charge in [0.25, 0.3) is 0 Å². The topological polar surface area (TPSA) is 12.0 Å². The van der Waals surface area contributed by atoms with Crippen molar-refractivity contribution in [3.63, 3.8) is 0 Å². The van der Waals surface area contributed by atoms with Gasteiger partial charge in [-0.1, -0.05) is 23.7 Å². The average Bonchev–Trinajstić information content (AvgIpc) is 2.75. The summed E-state index contributed by atoms with van der Waals surface area (Å²) in [5.41, 5.74) is 1.80. The van der Waals surface area contributed by atoms with Crippen molar-refractivity contribution in [2.45, 2.75) is 19.9 Å². The Morgan fingerprint density at radius 3 is 2.78 bits per heavy atom. The van der Waals surface area contributed by atoms with E-state index in [1.165, 1.54) is 10.9 Å². The van der Waals surface area contributed by atoms with Crippen molar-refractivity contribution in [2.24, 2.45) is 0 Å². The molecule has 1 N–H and O–H groups in total. The summed E-state index contributed by atoms with van der Waals surface area (Å²) in [6.45, 7) is 3.44. The molecule has 0 saturated heterocycles. The normalized spacial score (nSPS) is 10.8. The van der Waals surface area contributed by atoms with Crippen LogP contribution in [-0.4, -0.2) is 6.54 Å². The van der Waals surface area contributed by atoms with Gasteiger partial charge in [0.2, 0.25) is 0 Å². The zero-order valence-corrected chi connectivity index (χ0v) is 11.7. The highest BCUT2D eigenvalue weighted by Gasteiger charge is 2.00. The lowest BCUT2D eigenvalue weighted by atomic mass is 10.1. The molecule has 1 aromatic heterocycles. The summed E-state index contributed by atoms with van der Waals surface area (Å²) in [5.74, 6) is -0.146. The molecule has 2 aromatic rings. The van der Waals surface area contributed by atoms with E-state index in [2.05, 4.69) is 11.4 Å². The smallest absolute Gasteiger partial charge is 0.126 e. The Balaban J connectivity index is 1.76. The molecule has 1 heterocycles. The lowest BCUT2D eigenvalue weighted by molar-refractivity contribution is 0.615. The van der Waals surface area contributed by atoms with E-state index in [9.17, 15) is 4.39 Å². The Kier molecular flexibility index (Phi) is 4.75. The fraction of sp³-hybridized carbons (Fsp3) is 0.286. The molecule has 18 heavy (non-hydrogen) atoms. The standard InChI is InChI=1S/C14H15ClFNS/c1-10-8-11(2-4-13(10)16)9-17-7-6-12-3-5-14(15)18-12/h2-5,8,17H,6-7,9H2,1H3. The minimum Gasteiger partial charge on any atom is -0.312 e. The van der Waals surface area contributed by atoms with Crippen molar-refractivity contribution >= 4 is 22.9 Å². The third-order valence-corrected chi connectivity index (χ3v) is 4.02. The molecule has 0 bridgehead atoms. The van der Waals surface area contributed by atoms with E-state index in [0.717, 1.165) is 29.4 Å². The number of benzene rings is 1. The maximum absolute atomic E-state index is 13.1. The number of aryl methyl sites for hydroxylation is 1. The number of nitrogens with one attached hydrogen (secondary N) is 1. The van der Waals surface area contributed by atoms with E-state index in [4.69, 9.17) is 11.6 Å². The second-order valence-corrected chi connectivity index (χ2v) is 6.02. The van der Waals surface area contributed by atoms with E-state index >= 15 is 0 Å². The molecule has 96 valence electrons. The molecule has 0 spiro atoms.